The minimum Gasteiger partial charge on any atom is -0.370 e. The Labute approximate surface area is 190 Å². The van der Waals surface area contributed by atoms with Crippen LogP contribution in [0.3, 0.4) is 0 Å². The fourth-order valence-corrected chi connectivity index (χ4v) is 4.88. The first-order valence-electron chi connectivity index (χ1n) is 9.57. The molecule has 2 aromatic carbocycles. The summed E-state index contributed by atoms with van der Waals surface area (Å²) in [5, 5.41) is 3.05. The molecule has 0 saturated carbocycles. The van der Waals surface area contributed by atoms with Crippen molar-refractivity contribution in [1.29, 1.82) is 0 Å². The van der Waals surface area contributed by atoms with Crippen molar-refractivity contribution in [3.05, 3.63) is 59.7 Å². The number of sulfonamides is 1. The first-order valence-corrected chi connectivity index (χ1v) is 11.0. The van der Waals surface area contributed by atoms with Crippen molar-refractivity contribution >= 4 is 45.6 Å². The molecule has 8 heteroatoms. The van der Waals surface area contributed by atoms with Crippen LogP contribution in [0, 0.1) is 12.8 Å². The number of hydrogen-bond acceptors (Lipinski definition) is 3. The quantitative estimate of drug-likeness (QED) is 0.350. The molecule has 2 aromatic rings. The number of aliphatic imine (C=N–C) groups is 1. The molecule has 1 aliphatic heterocycles. The molecule has 3 rings (SSSR count). The first-order chi connectivity index (χ1) is 13.3. The van der Waals surface area contributed by atoms with Gasteiger partial charge >= 0.3 is 0 Å². The normalized spacial score (nSPS) is 18.1. The molecule has 1 saturated heterocycles. The molecule has 6 nitrogen and oxygen atoms in total. The average molecular weight is 528 g/mol. The lowest BCUT2D eigenvalue weighted by molar-refractivity contribution is 0.281. The third kappa shape index (κ3) is 6.42. The summed E-state index contributed by atoms with van der Waals surface area (Å²) in [5.41, 5.74) is 8.89. The van der Waals surface area contributed by atoms with Crippen LogP contribution in [0.4, 0.5) is 5.69 Å². The van der Waals surface area contributed by atoms with Gasteiger partial charge in [0.25, 0.3) is 0 Å². The minimum absolute atomic E-state index is 0. The van der Waals surface area contributed by atoms with Crippen LogP contribution in [-0.4, -0.2) is 31.8 Å². The van der Waals surface area contributed by atoms with Gasteiger partial charge in [0.15, 0.2) is 5.96 Å². The Morgan fingerprint density at radius 1 is 1.17 bits per heavy atom. The Hall–Kier alpha value is -1.65. The highest BCUT2D eigenvalue weighted by Gasteiger charge is 2.28. The number of nitrogens with two attached hydrogens (primary N) is 1. The van der Waals surface area contributed by atoms with Gasteiger partial charge in [-0.15, -0.1) is 24.0 Å². The first kappa shape index (κ1) is 23.6. The molecular formula is C21H29IN4O2S. The SMILES string of the molecule is Cc1ccc(NC(N)=NCc2ccc(S(=O)(=O)N3CCCC(C)C3)cc2)cc1.I. The van der Waals surface area contributed by atoms with Crippen molar-refractivity contribution < 1.29 is 8.42 Å². The number of rotatable bonds is 5. The van der Waals surface area contributed by atoms with E-state index in [1.807, 2.05) is 31.2 Å². The van der Waals surface area contributed by atoms with Crippen molar-refractivity contribution in [2.24, 2.45) is 16.6 Å². The Bertz CT molecular complexity index is 928. The standard InChI is InChI=1S/C21H28N4O2S.HI/c1-16-5-9-19(10-6-16)24-21(22)23-14-18-7-11-20(12-8-18)28(26,27)25-13-3-4-17(2)15-25;/h5-12,17H,3-4,13-15H2,1-2H3,(H3,22,23,24);1H. The van der Waals surface area contributed by atoms with Gasteiger partial charge in [-0.1, -0.05) is 36.8 Å². The molecule has 1 unspecified atom stereocenters. The number of hydrogen-bond donors (Lipinski definition) is 2. The van der Waals surface area contributed by atoms with E-state index in [2.05, 4.69) is 17.2 Å². The van der Waals surface area contributed by atoms with E-state index in [9.17, 15) is 8.42 Å². The highest BCUT2D eigenvalue weighted by Crippen LogP contribution is 2.23. The highest BCUT2D eigenvalue weighted by atomic mass is 127. The number of benzene rings is 2. The van der Waals surface area contributed by atoms with Crippen molar-refractivity contribution in [3.8, 4) is 0 Å². The molecule has 0 bridgehead atoms. The molecule has 1 fully saturated rings. The monoisotopic (exact) mass is 528 g/mol. The average Bonchev–Trinajstić information content (AvgIpc) is 2.68. The lowest BCUT2D eigenvalue weighted by Gasteiger charge is -2.30. The molecule has 158 valence electrons. The van der Waals surface area contributed by atoms with E-state index in [1.54, 1.807) is 28.6 Å². The van der Waals surface area contributed by atoms with Gasteiger partial charge in [0.2, 0.25) is 10.0 Å². The van der Waals surface area contributed by atoms with E-state index < -0.39 is 10.0 Å². The number of nitrogens with zero attached hydrogens (tertiary/aromatic N) is 2. The van der Waals surface area contributed by atoms with Gasteiger partial charge in [0.05, 0.1) is 11.4 Å². The molecular weight excluding hydrogens is 499 g/mol. The summed E-state index contributed by atoms with van der Waals surface area (Å²) in [5.74, 6) is 0.726. The molecule has 1 heterocycles. The van der Waals surface area contributed by atoms with Crippen molar-refractivity contribution in [2.45, 2.75) is 38.1 Å². The summed E-state index contributed by atoms with van der Waals surface area (Å²) in [6.07, 6.45) is 2.00. The van der Waals surface area contributed by atoms with E-state index in [-0.39, 0.29) is 24.0 Å². The number of aryl methyl sites for hydroxylation is 1. The summed E-state index contributed by atoms with van der Waals surface area (Å²) < 4.78 is 27.2. The van der Waals surface area contributed by atoms with Gasteiger partial charge in [-0.05, 0) is 55.5 Å². The van der Waals surface area contributed by atoms with Crippen molar-refractivity contribution in [3.63, 3.8) is 0 Å². The predicted octanol–water partition coefficient (Wildman–Crippen LogP) is 3.96. The van der Waals surface area contributed by atoms with Crippen LogP contribution in [0.25, 0.3) is 0 Å². The van der Waals surface area contributed by atoms with Gasteiger partial charge in [-0.2, -0.15) is 4.31 Å². The fraction of sp³-hybridized carbons (Fsp3) is 0.381. The number of guanidine groups is 1. The van der Waals surface area contributed by atoms with Crippen LogP contribution in [0.1, 0.15) is 30.9 Å². The van der Waals surface area contributed by atoms with E-state index in [0.717, 1.165) is 24.1 Å². The summed E-state index contributed by atoms with van der Waals surface area (Å²) in [6, 6.07) is 14.8. The second-order valence-electron chi connectivity index (χ2n) is 7.45. The lowest BCUT2D eigenvalue weighted by Crippen LogP contribution is -2.39. The highest BCUT2D eigenvalue weighted by molar-refractivity contribution is 14.0. The maximum atomic E-state index is 12.8. The van der Waals surface area contributed by atoms with E-state index >= 15 is 0 Å². The van der Waals surface area contributed by atoms with Crippen molar-refractivity contribution in [1.82, 2.24) is 4.31 Å². The Morgan fingerprint density at radius 2 is 1.83 bits per heavy atom. The summed E-state index contributed by atoms with van der Waals surface area (Å²) >= 11 is 0. The number of anilines is 1. The lowest BCUT2D eigenvalue weighted by atomic mass is 10.0. The molecule has 0 aromatic heterocycles. The Morgan fingerprint density at radius 3 is 2.45 bits per heavy atom. The zero-order valence-electron chi connectivity index (χ0n) is 16.8. The van der Waals surface area contributed by atoms with Crippen LogP contribution in [0.15, 0.2) is 58.4 Å². The summed E-state index contributed by atoms with van der Waals surface area (Å²) in [7, 11) is -3.43. The van der Waals surface area contributed by atoms with Crippen LogP contribution in [-0.2, 0) is 16.6 Å². The molecule has 29 heavy (non-hydrogen) atoms. The van der Waals surface area contributed by atoms with Crippen LogP contribution in [0.5, 0.6) is 0 Å². The molecule has 0 aliphatic carbocycles. The van der Waals surface area contributed by atoms with Gasteiger partial charge in [0, 0.05) is 18.8 Å². The number of halogens is 1. The van der Waals surface area contributed by atoms with Crippen LogP contribution < -0.4 is 11.1 Å². The van der Waals surface area contributed by atoms with Gasteiger partial charge < -0.3 is 11.1 Å². The summed E-state index contributed by atoms with van der Waals surface area (Å²) in [6.45, 7) is 5.69. The maximum Gasteiger partial charge on any atom is 0.243 e. The number of piperidine rings is 1. The molecule has 0 amide bonds. The zero-order chi connectivity index (χ0) is 20.1. The molecule has 0 spiro atoms. The Balaban J connectivity index is 0.00000300. The number of nitrogens with one attached hydrogen (secondary N) is 1. The Kier molecular flexibility index (Phi) is 8.47. The van der Waals surface area contributed by atoms with Crippen LogP contribution >= 0.6 is 24.0 Å². The minimum atomic E-state index is -3.43. The van der Waals surface area contributed by atoms with Crippen molar-refractivity contribution in [2.75, 3.05) is 18.4 Å². The van der Waals surface area contributed by atoms with E-state index in [1.165, 1.54) is 5.56 Å². The second kappa shape index (κ2) is 10.4. The third-order valence-electron chi connectivity index (χ3n) is 4.94. The van der Waals surface area contributed by atoms with E-state index in [0.29, 0.717) is 36.4 Å². The van der Waals surface area contributed by atoms with Gasteiger partial charge in [-0.25, -0.2) is 13.4 Å². The molecule has 3 N–H and O–H groups in total. The molecule has 0 radical (unpaired) electrons. The smallest absolute Gasteiger partial charge is 0.243 e. The largest absolute Gasteiger partial charge is 0.370 e. The second-order valence-corrected chi connectivity index (χ2v) is 9.38. The predicted molar refractivity (Wildman–Crippen MR) is 129 cm³/mol. The van der Waals surface area contributed by atoms with Crippen LogP contribution in [0.2, 0.25) is 0 Å². The fourth-order valence-electron chi connectivity index (χ4n) is 3.28. The molecule has 1 atom stereocenters. The van der Waals surface area contributed by atoms with Gasteiger partial charge in [-0.3, -0.25) is 0 Å². The maximum absolute atomic E-state index is 12.8. The third-order valence-corrected chi connectivity index (χ3v) is 6.82. The van der Waals surface area contributed by atoms with E-state index in [4.69, 9.17) is 5.73 Å². The topological polar surface area (TPSA) is 87.8 Å². The van der Waals surface area contributed by atoms with Gasteiger partial charge in [0.1, 0.15) is 0 Å². The zero-order valence-corrected chi connectivity index (χ0v) is 20.0. The summed E-state index contributed by atoms with van der Waals surface area (Å²) in [4.78, 5) is 4.66. The molecule has 1 aliphatic rings.